The van der Waals surface area contributed by atoms with Crippen LogP contribution in [-0.2, 0) is 44.7 Å². The highest BCUT2D eigenvalue weighted by molar-refractivity contribution is 8.05. The van der Waals surface area contributed by atoms with Gasteiger partial charge in [-0.05, 0) is 13.8 Å². The molecule has 1 aliphatic heterocycles. The molecule has 0 aromatic carbocycles. The molecule has 0 amide bonds. The minimum atomic E-state index is -4.98. The van der Waals surface area contributed by atoms with Crippen LogP contribution >= 0.6 is 0 Å². The van der Waals surface area contributed by atoms with Crippen LogP contribution in [-0.4, -0.2) is 37.6 Å². The smallest absolute Gasteiger partial charge is 0.389 e. The molecule has 13 heteroatoms. The number of sulfone groups is 1. The molecule has 0 radical (unpaired) electrons. The molecule has 1 aromatic rings. The molecule has 2 heterocycles. The lowest BCUT2D eigenvalue weighted by molar-refractivity contribution is -0.141. The van der Waals surface area contributed by atoms with Gasteiger partial charge in [0.25, 0.3) is 0 Å². The van der Waals surface area contributed by atoms with Crippen LogP contribution in [0.2, 0.25) is 0 Å². The number of alkyl halides is 3. The Balaban J connectivity index is 2.51. The average molecular weight is 389 g/mol. The lowest BCUT2D eigenvalue weighted by atomic mass is 10.1. The molecule has 136 valence electrons. The highest BCUT2D eigenvalue weighted by Crippen LogP contribution is 2.35. The summed E-state index contributed by atoms with van der Waals surface area (Å²) in [6.45, 7) is 3.14. The van der Waals surface area contributed by atoms with Crippen molar-refractivity contribution in [2.45, 2.75) is 42.8 Å². The summed E-state index contributed by atoms with van der Waals surface area (Å²) >= 11 is -2.85. The van der Waals surface area contributed by atoms with E-state index in [2.05, 4.69) is 10.3 Å². The van der Waals surface area contributed by atoms with E-state index in [-0.39, 0.29) is 6.42 Å². The second-order valence-corrected chi connectivity index (χ2v) is 8.65. The van der Waals surface area contributed by atoms with Crippen LogP contribution in [0.3, 0.4) is 0 Å². The van der Waals surface area contributed by atoms with Crippen LogP contribution in [0, 0.1) is 0 Å². The Morgan fingerprint density at radius 3 is 2.42 bits per heavy atom. The van der Waals surface area contributed by atoms with Crippen molar-refractivity contribution in [2.24, 2.45) is 12.2 Å². The molecular formula is C11H14F3N3O5S2. The molecule has 0 saturated heterocycles. The summed E-state index contributed by atoms with van der Waals surface area (Å²) in [5.74, 6) is -1.16. The van der Waals surface area contributed by atoms with Gasteiger partial charge in [0, 0.05) is 19.0 Å². The van der Waals surface area contributed by atoms with E-state index in [4.69, 9.17) is 4.84 Å². The van der Waals surface area contributed by atoms with Crippen molar-refractivity contribution in [3.63, 3.8) is 0 Å². The monoisotopic (exact) mass is 389 g/mol. The van der Waals surface area contributed by atoms with E-state index < -0.39 is 59.8 Å². The topological polar surface area (TPSA) is 111 Å². The summed E-state index contributed by atoms with van der Waals surface area (Å²) in [6, 6.07) is 0. The first-order chi connectivity index (χ1) is 10.7. The largest absolute Gasteiger partial charge is 0.435 e. The molecular weight excluding hydrogens is 375 g/mol. The first-order valence-electron chi connectivity index (χ1n) is 6.46. The molecule has 2 rings (SSSR count). The molecule has 1 aliphatic rings. The van der Waals surface area contributed by atoms with E-state index in [1.54, 1.807) is 13.8 Å². The third kappa shape index (κ3) is 3.62. The van der Waals surface area contributed by atoms with Crippen molar-refractivity contribution in [3.05, 3.63) is 11.3 Å². The maximum atomic E-state index is 13.1. The van der Waals surface area contributed by atoms with Crippen molar-refractivity contribution in [1.82, 2.24) is 9.78 Å². The van der Waals surface area contributed by atoms with Gasteiger partial charge in [-0.3, -0.25) is 4.68 Å². The number of aryl methyl sites for hydroxylation is 1. The van der Waals surface area contributed by atoms with E-state index in [0.29, 0.717) is 4.68 Å². The van der Waals surface area contributed by atoms with E-state index in [0.717, 1.165) is 7.05 Å². The fourth-order valence-corrected chi connectivity index (χ4v) is 4.45. The van der Waals surface area contributed by atoms with E-state index in [1.807, 2.05) is 0 Å². The maximum Gasteiger partial charge on any atom is 0.435 e. The molecule has 0 bridgehead atoms. The molecule has 0 aliphatic carbocycles. The highest BCUT2D eigenvalue weighted by Gasteiger charge is 2.43. The lowest BCUT2D eigenvalue weighted by Crippen LogP contribution is -2.24. The number of halogens is 3. The van der Waals surface area contributed by atoms with Crippen LogP contribution in [0.15, 0.2) is 10.2 Å². The first kappa shape index (κ1) is 18.9. The average Bonchev–Trinajstić information content (AvgIpc) is 2.89. The lowest BCUT2D eigenvalue weighted by Gasteiger charge is -2.13. The van der Waals surface area contributed by atoms with Crippen LogP contribution < -0.4 is 0 Å². The molecule has 0 fully saturated rings. The quantitative estimate of drug-likeness (QED) is 0.784. The summed E-state index contributed by atoms with van der Waals surface area (Å²) in [6.07, 6.45) is -5.10. The Morgan fingerprint density at radius 2 is 2.00 bits per heavy atom. The summed E-state index contributed by atoms with van der Waals surface area (Å²) in [7, 11) is -3.26. The Bertz CT molecular complexity index is 827. The predicted molar refractivity (Wildman–Crippen MR) is 77.1 cm³/mol. The zero-order chi connectivity index (χ0) is 18.5. The predicted octanol–water partition coefficient (Wildman–Crippen LogP) is 1.45. The van der Waals surface area contributed by atoms with Crippen LogP contribution in [0.25, 0.3) is 0 Å². The Labute approximate surface area is 137 Å². The normalized spacial score (nSPS) is 19.0. The van der Waals surface area contributed by atoms with Gasteiger partial charge in [-0.2, -0.15) is 18.3 Å². The molecule has 24 heavy (non-hydrogen) atoms. The fraction of sp³-hybridized carbons (Fsp3) is 0.636. The van der Waals surface area contributed by atoms with Gasteiger partial charge in [-0.25, -0.2) is 12.6 Å². The zero-order valence-electron chi connectivity index (χ0n) is 12.8. The highest BCUT2D eigenvalue weighted by atomic mass is 32.2. The van der Waals surface area contributed by atoms with E-state index in [9.17, 15) is 30.4 Å². The number of aromatic nitrogens is 2. The fourth-order valence-electron chi connectivity index (χ4n) is 2.17. The van der Waals surface area contributed by atoms with Crippen LogP contribution in [0.1, 0.15) is 31.5 Å². The van der Waals surface area contributed by atoms with Crippen LogP contribution in [0.4, 0.5) is 13.2 Å². The molecule has 1 N–H and O–H groups in total. The van der Waals surface area contributed by atoms with Gasteiger partial charge in [0.1, 0.15) is 5.60 Å². The van der Waals surface area contributed by atoms with Crippen molar-refractivity contribution >= 4 is 26.0 Å². The minimum absolute atomic E-state index is 0.117. The maximum absolute atomic E-state index is 13.1. The van der Waals surface area contributed by atoms with Crippen molar-refractivity contribution in [1.29, 1.82) is 0 Å². The van der Waals surface area contributed by atoms with Gasteiger partial charge >= 0.3 is 6.18 Å². The Hall–Kier alpha value is -1.47. The molecule has 0 spiro atoms. The number of hydrogen-bond donors (Lipinski definition) is 1. The number of rotatable bonds is 3. The van der Waals surface area contributed by atoms with Crippen molar-refractivity contribution < 1.29 is 35.2 Å². The van der Waals surface area contributed by atoms with Crippen molar-refractivity contribution in [2.75, 3.05) is 0 Å². The standard InChI is InChI=1S/C11H14F3N3O5S2/c1-10(2)4-7(16-22-10)24(20,21)5-6-8(11(12,13)14)15-17(3)9(6)23(18)19/h4-5H2,1-3H3,(H,18,19). The van der Waals surface area contributed by atoms with Gasteiger partial charge in [0.05, 0.1) is 5.75 Å². The molecule has 8 nitrogen and oxygen atoms in total. The molecule has 1 aromatic heterocycles. The number of hydrogen-bond acceptors (Lipinski definition) is 6. The van der Waals surface area contributed by atoms with E-state index in [1.165, 1.54) is 0 Å². The van der Waals surface area contributed by atoms with Gasteiger partial charge in [-0.15, -0.1) is 0 Å². The van der Waals surface area contributed by atoms with Gasteiger partial charge in [0.15, 0.2) is 25.6 Å². The Morgan fingerprint density at radius 1 is 1.42 bits per heavy atom. The van der Waals surface area contributed by atoms with Gasteiger partial charge < -0.3 is 9.39 Å². The SMILES string of the molecule is Cn1nc(C(F)(F)F)c(CS(=O)(=O)C2=NOC(C)(C)C2)c1S(=O)O. The molecule has 1 atom stereocenters. The number of oxime groups is 1. The van der Waals surface area contributed by atoms with Crippen LogP contribution in [0.5, 0.6) is 0 Å². The first-order valence-corrected chi connectivity index (χ1v) is 9.22. The van der Waals surface area contributed by atoms with E-state index >= 15 is 0 Å². The van der Waals surface area contributed by atoms with Gasteiger partial charge in [0.2, 0.25) is 11.1 Å². The summed E-state index contributed by atoms with van der Waals surface area (Å²) in [5.41, 5.74) is -3.30. The second kappa shape index (κ2) is 5.81. The molecule has 0 saturated carbocycles. The van der Waals surface area contributed by atoms with Gasteiger partial charge in [-0.1, -0.05) is 5.16 Å². The third-order valence-electron chi connectivity index (χ3n) is 3.19. The minimum Gasteiger partial charge on any atom is -0.389 e. The number of nitrogens with zero attached hydrogens (tertiary/aromatic N) is 3. The Kier molecular flexibility index (Phi) is 4.56. The summed E-state index contributed by atoms with van der Waals surface area (Å²) in [4.78, 5) is 4.91. The second-order valence-electron chi connectivity index (χ2n) is 5.77. The summed E-state index contributed by atoms with van der Waals surface area (Å²) in [5, 5.41) is 5.41. The third-order valence-corrected chi connectivity index (χ3v) is 5.63. The van der Waals surface area contributed by atoms with Crippen molar-refractivity contribution in [3.8, 4) is 0 Å². The molecule has 1 unspecified atom stereocenters. The zero-order valence-corrected chi connectivity index (χ0v) is 14.4. The summed E-state index contributed by atoms with van der Waals surface area (Å²) < 4.78 is 85.0.